The SMILES string of the molecule is C#CC/C(Cl)=C\C=C(\O)CN.Cc1ccc(-c2ccc(F)cc2)o1. The molecular weight excluding hydrogens is 329 g/mol. The molecular formula is C19H19ClFNO2. The minimum Gasteiger partial charge on any atom is -0.511 e. The number of terminal acetylenes is 1. The van der Waals surface area contributed by atoms with Crippen molar-refractivity contribution in [2.45, 2.75) is 13.3 Å². The zero-order valence-electron chi connectivity index (χ0n) is 13.3. The first-order valence-electron chi connectivity index (χ1n) is 7.16. The van der Waals surface area contributed by atoms with E-state index in [0.717, 1.165) is 17.1 Å². The van der Waals surface area contributed by atoms with E-state index >= 15 is 0 Å². The molecule has 0 fully saturated rings. The van der Waals surface area contributed by atoms with E-state index in [1.807, 2.05) is 19.1 Å². The van der Waals surface area contributed by atoms with Gasteiger partial charge in [-0.1, -0.05) is 11.6 Å². The van der Waals surface area contributed by atoms with E-state index in [2.05, 4.69) is 5.92 Å². The zero-order chi connectivity index (χ0) is 17.9. The van der Waals surface area contributed by atoms with Crippen molar-refractivity contribution in [3.63, 3.8) is 0 Å². The van der Waals surface area contributed by atoms with Crippen LogP contribution in [0.2, 0.25) is 0 Å². The van der Waals surface area contributed by atoms with Gasteiger partial charge in [0.1, 0.15) is 23.1 Å². The molecule has 0 aliphatic heterocycles. The van der Waals surface area contributed by atoms with Crippen molar-refractivity contribution < 1.29 is 13.9 Å². The number of aliphatic hydroxyl groups is 1. The van der Waals surface area contributed by atoms with Gasteiger partial charge in [-0.2, -0.15) is 0 Å². The molecule has 1 aromatic carbocycles. The third-order valence-corrected chi connectivity index (χ3v) is 3.07. The fourth-order valence-electron chi connectivity index (χ4n) is 1.61. The van der Waals surface area contributed by atoms with E-state index in [-0.39, 0.29) is 18.1 Å². The average Bonchev–Trinajstić information content (AvgIpc) is 3.00. The van der Waals surface area contributed by atoms with Gasteiger partial charge in [0.2, 0.25) is 0 Å². The largest absolute Gasteiger partial charge is 0.511 e. The van der Waals surface area contributed by atoms with E-state index in [1.165, 1.54) is 24.3 Å². The van der Waals surface area contributed by atoms with Crippen molar-refractivity contribution in [3.05, 3.63) is 70.9 Å². The summed E-state index contributed by atoms with van der Waals surface area (Å²) < 4.78 is 18.0. The van der Waals surface area contributed by atoms with Crippen molar-refractivity contribution in [2.75, 3.05) is 6.54 Å². The first-order chi connectivity index (χ1) is 11.5. The van der Waals surface area contributed by atoms with Gasteiger partial charge in [-0.15, -0.1) is 12.3 Å². The second-order valence-electron chi connectivity index (χ2n) is 4.77. The topological polar surface area (TPSA) is 59.4 Å². The second-order valence-corrected chi connectivity index (χ2v) is 5.26. The van der Waals surface area contributed by atoms with Crippen molar-refractivity contribution in [1.29, 1.82) is 0 Å². The molecule has 0 bridgehead atoms. The second kappa shape index (κ2) is 10.3. The van der Waals surface area contributed by atoms with Gasteiger partial charge in [0, 0.05) is 17.0 Å². The van der Waals surface area contributed by atoms with E-state index < -0.39 is 0 Å². The molecule has 0 amide bonds. The first kappa shape index (κ1) is 19.6. The van der Waals surface area contributed by atoms with Gasteiger partial charge in [0.05, 0.1) is 6.54 Å². The number of benzene rings is 1. The average molecular weight is 348 g/mol. The lowest BCUT2D eigenvalue weighted by Gasteiger charge is -1.95. The normalized spacial score (nSPS) is 11.5. The van der Waals surface area contributed by atoms with Crippen LogP contribution in [0.1, 0.15) is 12.2 Å². The van der Waals surface area contributed by atoms with Gasteiger partial charge in [0.25, 0.3) is 0 Å². The van der Waals surface area contributed by atoms with E-state index in [1.54, 1.807) is 12.1 Å². The molecule has 0 spiro atoms. The molecule has 0 radical (unpaired) electrons. The van der Waals surface area contributed by atoms with Crippen LogP contribution in [-0.4, -0.2) is 11.7 Å². The maximum Gasteiger partial charge on any atom is 0.134 e. The van der Waals surface area contributed by atoms with Gasteiger partial charge >= 0.3 is 0 Å². The monoisotopic (exact) mass is 347 g/mol. The fourth-order valence-corrected chi connectivity index (χ4v) is 1.76. The summed E-state index contributed by atoms with van der Waals surface area (Å²) in [5, 5.41) is 9.36. The Kier molecular flexibility index (Phi) is 8.42. The molecule has 0 aliphatic carbocycles. The van der Waals surface area contributed by atoms with Crippen LogP contribution in [0.3, 0.4) is 0 Å². The van der Waals surface area contributed by atoms with Gasteiger partial charge in [-0.05, 0) is 55.5 Å². The molecule has 0 saturated heterocycles. The van der Waals surface area contributed by atoms with Crippen molar-refractivity contribution in [1.82, 2.24) is 0 Å². The number of rotatable bonds is 4. The zero-order valence-corrected chi connectivity index (χ0v) is 14.1. The highest BCUT2D eigenvalue weighted by Gasteiger charge is 2.01. The molecule has 1 heterocycles. The highest BCUT2D eigenvalue weighted by molar-refractivity contribution is 6.29. The predicted molar refractivity (Wildman–Crippen MR) is 96.0 cm³/mol. The Morgan fingerprint density at radius 3 is 2.46 bits per heavy atom. The number of hydrogen-bond donors (Lipinski definition) is 2. The molecule has 5 heteroatoms. The summed E-state index contributed by atoms with van der Waals surface area (Å²) in [7, 11) is 0. The Balaban J connectivity index is 0.000000245. The number of aliphatic hydroxyl groups excluding tert-OH is 1. The Morgan fingerprint density at radius 2 is 1.96 bits per heavy atom. The summed E-state index contributed by atoms with van der Waals surface area (Å²) in [5.41, 5.74) is 6.00. The Hall–Kier alpha value is -2.48. The van der Waals surface area contributed by atoms with Crippen LogP contribution < -0.4 is 5.73 Å². The summed E-state index contributed by atoms with van der Waals surface area (Å²) in [6.45, 7) is 1.99. The highest BCUT2D eigenvalue weighted by Crippen LogP contribution is 2.21. The van der Waals surface area contributed by atoms with Crippen molar-refractivity contribution >= 4 is 11.6 Å². The smallest absolute Gasteiger partial charge is 0.134 e. The molecule has 3 N–H and O–H groups in total. The number of nitrogens with two attached hydrogens (primary N) is 1. The third kappa shape index (κ3) is 7.19. The molecule has 0 atom stereocenters. The summed E-state index contributed by atoms with van der Waals surface area (Å²) in [6, 6.07) is 10.0. The standard InChI is InChI=1S/C11H9FO.C8H10ClNO/c1-8-2-7-11(13-8)9-3-5-10(12)6-4-9;1-2-3-7(9)4-5-8(11)6-10/h2-7H,1H3;1,4-5,11H,3,6,10H2/b;7-4+,8-5+. The van der Waals surface area contributed by atoms with Gasteiger partial charge in [-0.3, -0.25) is 0 Å². The maximum absolute atomic E-state index is 12.6. The number of allylic oxidation sites excluding steroid dienone is 3. The number of furan rings is 1. The minimum atomic E-state index is -0.230. The van der Waals surface area contributed by atoms with Crippen LogP contribution in [0, 0.1) is 25.1 Å². The van der Waals surface area contributed by atoms with Crippen LogP contribution in [-0.2, 0) is 0 Å². The predicted octanol–water partition coefficient (Wildman–Crippen LogP) is 4.93. The molecule has 1 aromatic heterocycles. The number of hydrogen-bond acceptors (Lipinski definition) is 3. The van der Waals surface area contributed by atoms with Crippen LogP contribution in [0.15, 0.2) is 63.8 Å². The molecule has 2 rings (SSSR count). The van der Waals surface area contributed by atoms with Crippen LogP contribution >= 0.6 is 11.6 Å². The Labute approximate surface area is 146 Å². The van der Waals surface area contributed by atoms with E-state index in [9.17, 15) is 4.39 Å². The first-order valence-corrected chi connectivity index (χ1v) is 7.54. The van der Waals surface area contributed by atoms with Crippen molar-refractivity contribution in [2.24, 2.45) is 5.73 Å². The molecule has 126 valence electrons. The Morgan fingerprint density at radius 1 is 1.29 bits per heavy atom. The molecule has 0 aliphatic rings. The summed E-state index contributed by atoms with van der Waals surface area (Å²) in [5.74, 6) is 3.86. The quantitative estimate of drug-likeness (QED) is 0.468. The van der Waals surface area contributed by atoms with E-state index in [0.29, 0.717) is 11.5 Å². The maximum atomic E-state index is 12.6. The summed E-state index contributed by atoms with van der Waals surface area (Å²) in [4.78, 5) is 0. The molecule has 0 saturated carbocycles. The van der Waals surface area contributed by atoms with Gasteiger partial charge < -0.3 is 15.3 Å². The summed E-state index contributed by atoms with van der Waals surface area (Å²) in [6.07, 6.45) is 8.32. The van der Waals surface area contributed by atoms with Crippen LogP contribution in [0.4, 0.5) is 4.39 Å². The lowest BCUT2D eigenvalue weighted by Crippen LogP contribution is -2.01. The van der Waals surface area contributed by atoms with E-state index in [4.69, 9.17) is 33.3 Å². The van der Waals surface area contributed by atoms with Crippen molar-refractivity contribution in [3.8, 4) is 23.7 Å². The molecule has 3 nitrogen and oxygen atoms in total. The number of aryl methyl sites for hydroxylation is 1. The molecule has 24 heavy (non-hydrogen) atoms. The molecule has 0 unspecified atom stereocenters. The summed E-state index contributed by atoms with van der Waals surface area (Å²) >= 11 is 5.60. The lowest BCUT2D eigenvalue weighted by atomic mass is 10.2. The van der Waals surface area contributed by atoms with Crippen LogP contribution in [0.25, 0.3) is 11.3 Å². The lowest BCUT2D eigenvalue weighted by molar-refractivity contribution is 0.404. The highest BCUT2D eigenvalue weighted by atomic mass is 35.5. The van der Waals surface area contributed by atoms with Gasteiger partial charge in [-0.25, -0.2) is 4.39 Å². The molecule has 2 aromatic rings. The Bertz CT molecular complexity index is 739. The van der Waals surface area contributed by atoms with Gasteiger partial charge in [0.15, 0.2) is 0 Å². The number of halogens is 2. The van der Waals surface area contributed by atoms with Crippen LogP contribution in [0.5, 0.6) is 0 Å². The fraction of sp³-hybridized carbons (Fsp3) is 0.158. The minimum absolute atomic E-state index is 0.0835. The third-order valence-electron chi connectivity index (χ3n) is 2.81.